The molecular weight excluding hydrogens is 408 g/mol. The van der Waals surface area contributed by atoms with Gasteiger partial charge in [-0.25, -0.2) is 4.79 Å². The summed E-state index contributed by atoms with van der Waals surface area (Å²) in [6.45, 7) is -0.156. The summed E-state index contributed by atoms with van der Waals surface area (Å²) >= 11 is 1.13. The molecule has 1 aliphatic heterocycles. The molecule has 1 saturated heterocycles. The molecule has 152 valence electrons. The minimum Gasteiger partial charge on any atom is -0.497 e. The molecule has 3 heterocycles. The largest absolute Gasteiger partial charge is 0.497 e. The smallest absolute Gasteiger partial charge is 0.323 e. The Kier molecular flexibility index (Phi) is 4.60. The van der Waals surface area contributed by atoms with Crippen LogP contribution in [0.25, 0.3) is 10.8 Å². The maximum Gasteiger partial charge on any atom is 0.323 e. The van der Waals surface area contributed by atoms with Gasteiger partial charge < -0.3 is 25.5 Å². The Balaban J connectivity index is 1.77. The zero-order valence-corrected chi connectivity index (χ0v) is 16.5. The lowest BCUT2D eigenvalue weighted by molar-refractivity contribution is -0.122. The molecule has 0 unspecified atom stereocenters. The number of aromatic hydroxyl groups is 1. The Morgan fingerprint density at radius 3 is 2.83 bits per heavy atom. The summed E-state index contributed by atoms with van der Waals surface area (Å²) in [5.74, 6) is 4.70. The van der Waals surface area contributed by atoms with Crippen LogP contribution in [-0.4, -0.2) is 40.2 Å². The van der Waals surface area contributed by atoms with Gasteiger partial charge in [0.25, 0.3) is 11.8 Å². The van der Waals surface area contributed by atoms with Gasteiger partial charge in [0, 0.05) is 22.5 Å². The van der Waals surface area contributed by atoms with Crippen molar-refractivity contribution in [3.8, 4) is 23.5 Å². The molecule has 0 spiro atoms. The average Bonchev–Trinajstić information content (AvgIpc) is 3.38. The number of carbonyl (C=O) groups is 3. The second-order valence-corrected chi connectivity index (χ2v) is 7.54. The number of rotatable bonds is 4. The van der Waals surface area contributed by atoms with Gasteiger partial charge in [0.2, 0.25) is 5.54 Å². The third kappa shape index (κ3) is 3.21. The number of imide groups is 1. The van der Waals surface area contributed by atoms with Crippen molar-refractivity contribution in [3.63, 3.8) is 0 Å². The molecule has 4 rings (SSSR count). The van der Waals surface area contributed by atoms with E-state index in [-0.39, 0.29) is 17.3 Å². The van der Waals surface area contributed by atoms with E-state index in [0.29, 0.717) is 16.7 Å². The van der Waals surface area contributed by atoms with Crippen LogP contribution < -0.4 is 21.1 Å². The summed E-state index contributed by atoms with van der Waals surface area (Å²) in [5.41, 5.74) is 4.05. The van der Waals surface area contributed by atoms with Gasteiger partial charge in [-0.15, -0.1) is 11.3 Å². The molecule has 1 atom stereocenters. The number of nitrogens with two attached hydrogens (primary N) is 1. The fraction of sp³-hybridized carbons (Fsp3) is 0.150. The molecule has 2 aromatic heterocycles. The van der Waals surface area contributed by atoms with Crippen LogP contribution >= 0.6 is 11.3 Å². The number of ether oxygens (including phenoxy) is 1. The molecule has 0 bridgehead atoms. The Morgan fingerprint density at radius 2 is 2.17 bits per heavy atom. The number of hydrogen-bond donors (Lipinski definition) is 4. The normalized spacial score (nSPS) is 17.9. The number of amides is 4. The molecule has 0 aliphatic carbocycles. The summed E-state index contributed by atoms with van der Waals surface area (Å²) in [7, 11) is 1.52. The number of benzene rings is 1. The van der Waals surface area contributed by atoms with E-state index in [9.17, 15) is 19.5 Å². The summed E-state index contributed by atoms with van der Waals surface area (Å²) < 4.78 is 6.60. The predicted molar refractivity (Wildman–Crippen MR) is 109 cm³/mol. The van der Waals surface area contributed by atoms with Crippen LogP contribution in [0.2, 0.25) is 0 Å². The van der Waals surface area contributed by atoms with E-state index in [4.69, 9.17) is 10.5 Å². The number of primary amides is 1. The summed E-state index contributed by atoms with van der Waals surface area (Å²) in [6.07, 6.45) is 1.64. The highest BCUT2D eigenvalue weighted by molar-refractivity contribution is 7.12. The van der Waals surface area contributed by atoms with Crippen LogP contribution in [0, 0.1) is 11.8 Å². The van der Waals surface area contributed by atoms with Gasteiger partial charge in [0.1, 0.15) is 10.6 Å². The van der Waals surface area contributed by atoms with E-state index in [1.165, 1.54) is 11.7 Å². The van der Waals surface area contributed by atoms with Crippen molar-refractivity contribution in [1.82, 2.24) is 15.2 Å². The number of thiophene rings is 1. The van der Waals surface area contributed by atoms with E-state index < -0.39 is 23.4 Å². The molecular formula is C20H16N4O5S. The number of fused-ring (bicyclic) bond motifs is 1. The van der Waals surface area contributed by atoms with Crippen molar-refractivity contribution in [2.45, 2.75) is 12.1 Å². The van der Waals surface area contributed by atoms with Gasteiger partial charge in [-0.3, -0.25) is 14.9 Å². The van der Waals surface area contributed by atoms with E-state index in [1.54, 1.807) is 35.8 Å². The maximum absolute atomic E-state index is 12.6. The average molecular weight is 424 g/mol. The third-order valence-corrected chi connectivity index (χ3v) is 5.65. The Hall–Kier alpha value is -3.97. The van der Waals surface area contributed by atoms with Gasteiger partial charge in [-0.05, 0) is 29.6 Å². The van der Waals surface area contributed by atoms with Crippen molar-refractivity contribution in [2.24, 2.45) is 5.73 Å². The highest BCUT2D eigenvalue weighted by Crippen LogP contribution is 2.32. The lowest BCUT2D eigenvalue weighted by Gasteiger charge is -2.20. The standard InChI is InChI=1S/C20H16N4O5S/c1-29-13-3-2-12-9-24(17(26)14(12)8-13)10-20(18(27)22-19(28)23-20)6-4-11-5-7-30-15(11)16(21)25/h2-3,5,7-9,26H,10H2,1H3,(H2,21,25)(H2,22,23,27,28)/t20-/m1/s1. The fourth-order valence-corrected chi connectivity index (χ4v) is 3.93. The van der Waals surface area contributed by atoms with Gasteiger partial charge >= 0.3 is 6.03 Å². The van der Waals surface area contributed by atoms with Crippen molar-refractivity contribution in [2.75, 3.05) is 7.11 Å². The van der Waals surface area contributed by atoms with Crippen molar-refractivity contribution >= 4 is 40.0 Å². The Labute approximate surface area is 174 Å². The highest BCUT2D eigenvalue weighted by Gasteiger charge is 2.46. The molecule has 3 aromatic rings. The molecule has 4 amide bonds. The van der Waals surface area contributed by atoms with Crippen LogP contribution in [-0.2, 0) is 11.3 Å². The van der Waals surface area contributed by atoms with Crippen molar-refractivity contribution in [3.05, 3.63) is 46.3 Å². The maximum atomic E-state index is 12.6. The molecule has 30 heavy (non-hydrogen) atoms. The molecule has 10 heteroatoms. The van der Waals surface area contributed by atoms with Crippen LogP contribution in [0.15, 0.2) is 35.8 Å². The molecule has 9 nitrogen and oxygen atoms in total. The van der Waals surface area contributed by atoms with E-state index >= 15 is 0 Å². The second kappa shape index (κ2) is 7.13. The highest BCUT2D eigenvalue weighted by atomic mass is 32.1. The molecule has 1 fully saturated rings. The lowest BCUT2D eigenvalue weighted by Crippen LogP contribution is -2.49. The SMILES string of the molecule is COc1ccc2cn(C[C@@]3(C#Cc4ccsc4C(N)=O)NC(=O)NC3=O)c(O)c2c1. The Bertz CT molecular complexity index is 1270. The van der Waals surface area contributed by atoms with Gasteiger partial charge in [0.15, 0.2) is 5.88 Å². The van der Waals surface area contributed by atoms with Gasteiger partial charge in [-0.2, -0.15) is 0 Å². The number of methoxy groups -OCH3 is 1. The number of nitrogens with one attached hydrogen (secondary N) is 2. The lowest BCUT2D eigenvalue weighted by atomic mass is 10.00. The predicted octanol–water partition coefficient (Wildman–Crippen LogP) is 1.15. The molecule has 5 N–H and O–H groups in total. The third-order valence-electron chi connectivity index (χ3n) is 4.72. The van der Waals surface area contributed by atoms with Crippen molar-refractivity contribution < 1.29 is 24.2 Å². The fourth-order valence-electron chi connectivity index (χ4n) is 3.23. The van der Waals surface area contributed by atoms with Crippen molar-refractivity contribution in [1.29, 1.82) is 0 Å². The summed E-state index contributed by atoms with van der Waals surface area (Å²) in [5, 5.41) is 18.3. The zero-order valence-electron chi connectivity index (χ0n) is 15.7. The number of aromatic nitrogens is 1. The van der Waals surface area contributed by atoms with Gasteiger partial charge in [-0.1, -0.05) is 11.8 Å². The molecule has 1 aliphatic rings. The van der Waals surface area contributed by atoms with Crippen LogP contribution in [0.1, 0.15) is 15.2 Å². The number of urea groups is 1. The Morgan fingerprint density at radius 1 is 1.37 bits per heavy atom. The zero-order chi connectivity index (χ0) is 21.5. The minimum absolute atomic E-state index is 0.104. The monoisotopic (exact) mass is 424 g/mol. The topological polar surface area (TPSA) is 136 Å². The minimum atomic E-state index is -1.65. The van der Waals surface area contributed by atoms with E-state index in [1.807, 2.05) is 0 Å². The van der Waals surface area contributed by atoms with Crippen LogP contribution in [0.3, 0.4) is 0 Å². The first kappa shape index (κ1) is 19.4. The van der Waals surface area contributed by atoms with Crippen LogP contribution in [0.5, 0.6) is 11.6 Å². The second-order valence-electron chi connectivity index (χ2n) is 6.63. The quantitative estimate of drug-likeness (QED) is 0.368. The molecule has 0 saturated carbocycles. The first-order valence-electron chi connectivity index (χ1n) is 8.73. The van der Waals surface area contributed by atoms with E-state index in [2.05, 4.69) is 22.5 Å². The van der Waals surface area contributed by atoms with E-state index in [0.717, 1.165) is 16.7 Å². The van der Waals surface area contributed by atoms with Crippen LogP contribution in [0.4, 0.5) is 4.79 Å². The number of carbonyl (C=O) groups excluding carboxylic acids is 3. The van der Waals surface area contributed by atoms with Gasteiger partial charge in [0.05, 0.1) is 13.7 Å². The first-order valence-corrected chi connectivity index (χ1v) is 9.61. The molecule has 1 aromatic carbocycles. The summed E-state index contributed by atoms with van der Waals surface area (Å²) in [6, 6.07) is 6.08. The number of hydrogen-bond acceptors (Lipinski definition) is 6. The summed E-state index contributed by atoms with van der Waals surface area (Å²) in [4.78, 5) is 36.3. The number of nitrogens with zero attached hydrogens (tertiary/aromatic N) is 1. The molecule has 0 radical (unpaired) electrons. The first-order chi connectivity index (χ1) is 14.3.